The molecule has 0 amide bonds. The molecule has 0 bridgehead atoms. The first kappa shape index (κ1) is 14.4. The maximum absolute atomic E-state index is 6.11. The molecule has 0 aliphatic heterocycles. The Morgan fingerprint density at radius 2 is 1.80 bits per heavy atom. The molecule has 2 aromatic rings. The van der Waals surface area contributed by atoms with Crippen LogP contribution in [0.3, 0.4) is 0 Å². The molecule has 0 spiro atoms. The van der Waals surface area contributed by atoms with Crippen LogP contribution in [0.15, 0.2) is 51.4 Å². The van der Waals surface area contributed by atoms with Crippen LogP contribution in [0.25, 0.3) is 0 Å². The van der Waals surface area contributed by atoms with Gasteiger partial charge in [0.25, 0.3) is 0 Å². The summed E-state index contributed by atoms with van der Waals surface area (Å²) in [6.45, 7) is 0. The molecular weight excluding hydrogens is 401 g/mol. The van der Waals surface area contributed by atoms with Crippen molar-refractivity contribution in [3.63, 3.8) is 0 Å². The molecule has 0 radical (unpaired) electrons. The highest BCUT2D eigenvalue weighted by Crippen LogP contribution is 2.40. The number of hydrogen-bond acceptors (Lipinski definition) is 1. The molecular formula is C16H14Br2ClN. The third-order valence-corrected chi connectivity index (χ3v) is 5.66. The standard InChI is InChI=1S/C16H14Br2ClN/c17-12-4-1-3-10(7-12)11-8-13(9-11)20-15-6-2-5-14(19)16(15)18/h1-7,11,13,20H,8-9H2. The van der Waals surface area contributed by atoms with E-state index < -0.39 is 0 Å². The fourth-order valence-electron chi connectivity index (χ4n) is 2.60. The predicted molar refractivity (Wildman–Crippen MR) is 92.7 cm³/mol. The van der Waals surface area contributed by atoms with Crippen molar-refractivity contribution in [1.82, 2.24) is 0 Å². The minimum Gasteiger partial charge on any atom is -0.381 e. The van der Waals surface area contributed by atoms with Gasteiger partial charge < -0.3 is 5.32 Å². The first-order chi connectivity index (χ1) is 9.63. The number of halogens is 3. The first-order valence-corrected chi connectivity index (χ1v) is 8.56. The Labute approximate surface area is 141 Å². The second kappa shape index (κ2) is 6.08. The highest BCUT2D eigenvalue weighted by molar-refractivity contribution is 9.11. The molecule has 1 fully saturated rings. The molecule has 1 aliphatic carbocycles. The molecule has 104 valence electrons. The topological polar surface area (TPSA) is 12.0 Å². The van der Waals surface area contributed by atoms with Crippen LogP contribution in [0.1, 0.15) is 24.3 Å². The minimum atomic E-state index is 0.522. The van der Waals surface area contributed by atoms with Crippen LogP contribution in [-0.2, 0) is 0 Å². The van der Waals surface area contributed by atoms with Crippen molar-refractivity contribution in [1.29, 1.82) is 0 Å². The molecule has 1 aliphatic rings. The predicted octanol–water partition coefficient (Wildman–Crippen LogP) is 6.22. The summed E-state index contributed by atoms with van der Waals surface area (Å²) in [5.41, 5.74) is 2.50. The van der Waals surface area contributed by atoms with Crippen LogP contribution in [0.2, 0.25) is 5.02 Å². The van der Waals surface area contributed by atoms with Crippen molar-refractivity contribution in [3.05, 3.63) is 62.0 Å². The monoisotopic (exact) mass is 413 g/mol. The van der Waals surface area contributed by atoms with Gasteiger partial charge in [-0.25, -0.2) is 0 Å². The summed E-state index contributed by atoms with van der Waals surface area (Å²) in [5.74, 6) is 0.656. The SMILES string of the molecule is Clc1cccc(NC2CC(c3cccc(Br)c3)C2)c1Br. The van der Waals surface area contributed by atoms with Crippen LogP contribution in [0.5, 0.6) is 0 Å². The van der Waals surface area contributed by atoms with Gasteiger partial charge in [0.2, 0.25) is 0 Å². The average Bonchev–Trinajstić information content (AvgIpc) is 2.38. The van der Waals surface area contributed by atoms with E-state index in [9.17, 15) is 0 Å². The van der Waals surface area contributed by atoms with Crippen molar-refractivity contribution in [2.24, 2.45) is 0 Å². The molecule has 0 heterocycles. The molecule has 3 rings (SSSR count). The van der Waals surface area contributed by atoms with Crippen molar-refractivity contribution in [3.8, 4) is 0 Å². The number of nitrogens with one attached hydrogen (secondary N) is 1. The maximum Gasteiger partial charge on any atom is 0.0593 e. The van der Waals surface area contributed by atoms with Gasteiger partial charge in [-0.1, -0.05) is 45.7 Å². The molecule has 0 unspecified atom stereocenters. The van der Waals surface area contributed by atoms with Gasteiger partial charge in [-0.2, -0.15) is 0 Å². The van der Waals surface area contributed by atoms with Gasteiger partial charge in [0, 0.05) is 10.5 Å². The molecule has 4 heteroatoms. The second-order valence-electron chi connectivity index (χ2n) is 5.17. The van der Waals surface area contributed by atoms with Crippen molar-refractivity contribution in [2.75, 3.05) is 5.32 Å². The molecule has 2 aromatic carbocycles. The van der Waals surface area contributed by atoms with E-state index >= 15 is 0 Å². The zero-order valence-electron chi connectivity index (χ0n) is 10.7. The Hall–Kier alpha value is -0.510. The maximum atomic E-state index is 6.11. The second-order valence-corrected chi connectivity index (χ2v) is 7.28. The van der Waals surface area contributed by atoms with Gasteiger partial charge in [-0.3, -0.25) is 0 Å². The normalized spacial score (nSPS) is 21.4. The van der Waals surface area contributed by atoms with Crippen molar-refractivity contribution < 1.29 is 0 Å². The number of anilines is 1. The van der Waals surface area contributed by atoms with E-state index in [4.69, 9.17) is 11.6 Å². The highest BCUT2D eigenvalue weighted by Gasteiger charge is 2.30. The molecule has 1 saturated carbocycles. The van der Waals surface area contributed by atoms with Crippen LogP contribution >= 0.6 is 43.5 Å². The van der Waals surface area contributed by atoms with E-state index in [1.165, 1.54) is 5.56 Å². The van der Waals surface area contributed by atoms with E-state index in [-0.39, 0.29) is 0 Å². The lowest BCUT2D eigenvalue weighted by Crippen LogP contribution is -2.34. The molecule has 1 nitrogen and oxygen atoms in total. The molecule has 0 atom stereocenters. The molecule has 0 aromatic heterocycles. The van der Waals surface area contributed by atoms with Gasteiger partial charge in [0.15, 0.2) is 0 Å². The third kappa shape index (κ3) is 3.05. The van der Waals surface area contributed by atoms with Crippen LogP contribution in [-0.4, -0.2) is 6.04 Å². The van der Waals surface area contributed by atoms with E-state index in [0.29, 0.717) is 12.0 Å². The van der Waals surface area contributed by atoms with Crippen molar-refractivity contribution in [2.45, 2.75) is 24.8 Å². The van der Waals surface area contributed by atoms with E-state index in [1.807, 2.05) is 12.1 Å². The van der Waals surface area contributed by atoms with Crippen LogP contribution in [0.4, 0.5) is 5.69 Å². The Kier molecular flexibility index (Phi) is 4.39. The lowest BCUT2D eigenvalue weighted by Gasteiger charge is -2.37. The average molecular weight is 416 g/mol. The Bertz CT molecular complexity index is 624. The van der Waals surface area contributed by atoms with E-state index in [1.54, 1.807) is 0 Å². The van der Waals surface area contributed by atoms with Crippen LogP contribution in [0, 0.1) is 0 Å². The van der Waals surface area contributed by atoms with E-state index in [2.05, 4.69) is 67.5 Å². The molecule has 0 saturated heterocycles. The number of benzene rings is 2. The fourth-order valence-corrected chi connectivity index (χ4v) is 3.57. The molecule has 1 N–H and O–H groups in total. The largest absolute Gasteiger partial charge is 0.381 e. The third-order valence-electron chi connectivity index (χ3n) is 3.77. The Morgan fingerprint density at radius 3 is 2.55 bits per heavy atom. The lowest BCUT2D eigenvalue weighted by atomic mass is 9.76. The zero-order valence-corrected chi connectivity index (χ0v) is 14.7. The summed E-state index contributed by atoms with van der Waals surface area (Å²) in [6, 6.07) is 15.0. The van der Waals surface area contributed by atoms with Gasteiger partial charge >= 0.3 is 0 Å². The Balaban J connectivity index is 1.62. The summed E-state index contributed by atoms with van der Waals surface area (Å²) in [7, 11) is 0. The summed E-state index contributed by atoms with van der Waals surface area (Å²) >= 11 is 13.2. The fraction of sp³-hybridized carbons (Fsp3) is 0.250. The Morgan fingerprint density at radius 1 is 1.05 bits per heavy atom. The highest BCUT2D eigenvalue weighted by atomic mass is 79.9. The number of rotatable bonds is 3. The van der Waals surface area contributed by atoms with E-state index in [0.717, 1.165) is 32.5 Å². The van der Waals surface area contributed by atoms with Gasteiger partial charge in [-0.05, 0) is 64.5 Å². The summed E-state index contributed by atoms with van der Waals surface area (Å²) < 4.78 is 2.11. The number of hydrogen-bond donors (Lipinski definition) is 1. The van der Waals surface area contributed by atoms with Crippen molar-refractivity contribution >= 4 is 49.1 Å². The van der Waals surface area contributed by atoms with Gasteiger partial charge in [0.1, 0.15) is 0 Å². The smallest absolute Gasteiger partial charge is 0.0593 e. The quantitative estimate of drug-likeness (QED) is 0.627. The van der Waals surface area contributed by atoms with Gasteiger partial charge in [-0.15, -0.1) is 0 Å². The first-order valence-electron chi connectivity index (χ1n) is 6.59. The zero-order chi connectivity index (χ0) is 14.1. The summed E-state index contributed by atoms with van der Waals surface area (Å²) in [4.78, 5) is 0. The van der Waals surface area contributed by atoms with Gasteiger partial charge in [0.05, 0.1) is 15.2 Å². The molecule has 20 heavy (non-hydrogen) atoms. The lowest BCUT2D eigenvalue weighted by molar-refractivity contribution is 0.374. The van der Waals surface area contributed by atoms with Crippen LogP contribution < -0.4 is 5.32 Å². The minimum absolute atomic E-state index is 0.522. The summed E-state index contributed by atoms with van der Waals surface area (Å²) in [5, 5.41) is 4.31. The summed E-state index contributed by atoms with van der Waals surface area (Å²) in [6.07, 6.45) is 2.32.